The van der Waals surface area contributed by atoms with Crippen LogP contribution in [0.25, 0.3) is 0 Å². The highest BCUT2D eigenvalue weighted by Gasteiger charge is 2.13. The van der Waals surface area contributed by atoms with Crippen LogP contribution in [0, 0.1) is 0 Å². The van der Waals surface area contributed by atoms with Gasteiger partial charge in [0.2, 0.25) is 5.91 Å². The Morgan fingerprint density at radius 2 is 1.63 bits per heavy atom. The minimum absolute atomic E-state index is 0.0877. The lowest BCUT2D eigenvalue weighted by molar-refractivity contribution is -0.116. The summed E-state index contributed by atoms with van der Waals surface area (Å²) in [6.45, 7) is 6.75. The zero-order valence-electron chi connectivity index (χ0n) is 17.4. The summed E-state index contributed by atoms with van der Waals surface area (Å²) in [5.74, 6) is 0.431. The Bertz CT molecular complexity index is 987. The quantitative estimate of drug-likeness (QED) is 0.562. The Morgan fingerprint density at radius 3 is 2.27 bits per heavy atom. The molecule has 0 aliphatic carbocycles. The SMILES string of the molecule is CC(C)(C)c1ccc(OCCC(=O)Nc2cccc(NC(=O)c3ccco3)c2)cc1. The maximum Gasteiger partial charge on any atom is 0.291 e. The molecule has 0 aliphatic heterocycles. The molecule has 2 amide bonds. The van der Waals surface area contributed by atoms with Gasteiger partial charge in [0.05, 0.1) is 19.3 Å². The smallest absolute Gasteiger partial charge is 0.291 e. The number of hydrogen-bond acceptors (Lipinski definition) is 4. The van der Waals surface area contributed by atoms with Gasteiger partial charge in [-0.1, -0.05) is 39.0 Å². The number of anilines is 2. The predicted molar refractivity (Wildman–Crippen MR) is 117 cm³/mol. The van der Waals surface area contributed by atoms with E-state index in [-0.39, 0.29) is 36.0 Å². The Hall–Kier alpha value is -3.54. The number of amides is 2. The van der Waals surface area contributed by atoms with E-state index in [9.17, 15) is 9.59 Å². The molecule has 0 saturated heterocycles. The standard InChI is InChI=1S/C24H26N2O4/c1-24(2,3)17-9-11-20(12-10-17)29-15-13-22(27)25-18-6-4-7-19(16-18)26-23(28)21-8-5-14-30-21/h4-12,14,16H,13,15H2,1-3H3,(H,25,27)(H,26,28). The van der Waals surface area contributed by atoms with Crippen molar-refractivity contribution in [1.29, 1.82) is 0 Å². The summed E-state index contributed by atoms with van der Waals surface area (Å²) in [5.41, 5.74) is 2.47. The van der Waals surface area contributed by atoms with E-state index in [1.54, 1.807) is 36.4 Å². The van der Waals surface area contributed by atoms with Gasteiger partial charge >= 0.3 is 0 Å². The summed E-state index contributed by atoms with van der Waals surface area (Å²) in [5, 5.41) is 5.54. The molecule has 0 bridgehead atoms. The fourth-order valence-electron chi connectivity index (χ4n) is 2.81. The maximum absolute atomic E-state index is 12.2. The summed E-state index contributed by atoms with van der Waals surface area (Å²) < 4.78 is 10.7. The van der Waals surface area contributed by atoms with Gasteiger partial charge in [0.25, 0.3) is 5.91 Å². The van der Waals surface area contributed by atoms with Gasteiger partial charge in [-0.05, 0) is 53.4 Å². The minimum Gasteiger partial charge on any atom is -0.493 e. The molecule has 0 fully saturated rings. The highest BCUT2D eigenvalue weighted by molar-refractivity contribution is 6.02. The topological polar surface area (TPSA) is 80.6 Å². The molecular formula is C24H26N2O4. The van der Waals surface area contributed by atoms with E-state index in [0.29, 0.717) is 11.4 Å². The van der Waals surface area contributed by atoms with Crippen LogP contribution < -0.4 is 15.4 Å². The molecule has 0 atom stereocenters. The van der Waals surface area contributed by atoms with E-state index in [1.165, 1.54) is 11.8 Å². The van der Waals surface area contributed by atoms with Crippen molar-refractivity contribution in [3.63, 3.8) is 0 Å². The van der Waals surface area contributed by atoms with Crippen LogP contribution in [0.5, 0.6) is 5.75 Å². The van der Waals surface area contributed by atoms with E-state index < -0.39 is 0 Å². The molecule has 0 spiro atoms. The van der Waals surface area contributed by atoms with Crippen molar-refractivity contribution in [2.75, 3.05) is 17.2 Å². The van der Waals surface area contributed by atoms with Gasteiger partial charge < -0.3 is 19.8 Å². The van der Waals surface area contributed by atoms with E-state index in [2.05, 4.69) is 31.4 Å². The fourth-order valence-corrected chi connectivity index (χ4v) is 2.81. The summed E-state index contributed by atoms with van der Waals surface area (Å²) in [6.07, 6.45) is 1.65. The lowest BCUT2D eigenvalue weighted by atomic mass is 9.87. The van der Waals surface area contributed by atoms with Crippen molar-refractivity contribution in [2.45, 2.75) is 32.6 Å². The van der Waals surface area contributed by atoms with Crippen molar-refractivity contribution in [3.05, 3.63) is 78.3 Å². The second kappa shape index (κ2) is 9.31. The molecule has 0 aliphatic rings. The van der Waals surface area contributed by atoms with Crippen molar-refractivity contribution < 1.29 is 18.7 Å². The molecule has 156 valence electrons. The van der Waals surface area contributed by atoms with E-state index in [0.717, 1.165) is 5.75 Å². The number of carbonyl (C=O) groups excluding carboxylic acids is 2. The summed E-state index contributed by atoms with van der Waals surface area (Å²) in [6, 6.07) is 18.1. The summed E-state index contributed by atoms with van der Waals surface area (Å²) >= 11 is 0. The molecule has 6 heteroatoms. The number of hydrogen-bond donors (Lipinski definition) is 2. The van der Waals surface area contributed by atoms with Crippen LogP contribution in [0.15, 0.2) is 71.3 Å². The van der Waals surface area contributed by atoms with E-state index in [4.69, 9.17) is 9.15 Å². The van der Waals surface area contributed by atoms with Gasteiger partial charge in [-0.15, -0.1) is 0 Å². The number of benzene rings is 2. The third kappa shape index (κ3) is 5.98. The lowest BCUT2D eigenvalue weighted by Gasteiger charge is -2.19. The van der Waals surface area contributed by atoms with Crippen LogP contribution in [-0.4, -0.2) is 18.4 Å². The molecule has 6 nitrogen and oxygen atoms in total. The van der Waals surface area contributed by atoms with Crippen molar-refractivity contribution >= 4 is 23.2 Å². The van der Waals surface area contributed by atoms with Gasteiger partial charge in [0, 0.05) is 11.4 Å². The molecule has 3 aromatic rings. The van der Waals surface area contributed by atoms with Crippen LogP contribution >= 0.6 is 0 Å². The summed E-state index contributed by atoms with van der Waals surface area (Å²) in [7, 11) is 0. The first kappa shape index (κ1) is 21.2. The molecule has 0 radical (unpaired) electrons. The molecular weight excluding hydrogens is 380 g/mol. The first-order chi connectivity index (χ1) is 14.3. The van der Waals surface area contributed by atoms with E-state index in [1.807, 2.05) is 24.3 Å². The monoisotopic (exact) mass is 406 g/mol. The van der Waals surface area contributed by atoms with Crippen LogP contribution in [0.2, 0.25) is 0 Å². The lowest BCUT2D eigenvalue weighted by Crippen LogP contribution is -2.16. The zero-order valence-corrected chi connectivity index (χ0v) is 17.4. The minimum atomic E-state index is -0.352. The molecule has 1 heterocycles. The normalized spacial score (nSPS) is 11.0. The zero-order chi connectivity index (χ0) is 21.6. The van der Waals surface area contributed by atoms with Crippen LogP contribution in [0.1, 0.15) is 43.3 Å². The first-order valence-electron chi connectivity index (χ1n) is 9.79. The van der Waals surface area contributed by atoms with Crippen LogP contribution in [0.3, 0.4) is 0 Å². The average molecular weight is 406 g/mol. The van der Waals surface area contributed by atoms with Crippen molar-refractivity contribution in [3.8, 4) is 5.75 Å². The van der Waals surface area contributed by atoms with Gasteiger partial charge in [0.1, 0.15) is 5.75 Å². The molecule has 3 rings (SSSR count). The third-order valence-corrected chi connectivity index (χ3v) is 4.47. The number of rotatable bonds is 7. The Kier molecular flexibility index (Phi) is 6.57. The maximum atomic E-state index is 12.2. The largest absolute Gasteiger partial charge is 0.493 e. The second-order valence-electron chi connectivity index (χ2n) is 7.93. The molecule has 0 unspecified atom stereocenters. The summed E-state index contributed by atoms with van der Waals surface area (Å²) in [4.78, 5) is 24.3. The molecule has 2 aromatic carbocycles. The second-order valence-corrected chi connectivity index (χ2v) is 7.93. The number of carbonyl (C=O) groups is 2. The Balaban J connectivity index is 1.47. The Labute approximate surface area is 176 Å². The number of furan rings is 1. The van der Waals surface area contributed by atoms with Gasteiger partial charge in [-0.2, -0.15) is 0 Å². The predicted octanol–water partition coefficient (Wildman–Crippen LogP) is 5.24. The number of nitrogens with one attached hydrogen (secondary N) is 2. The molecule has 1 aromatic heterocycles. The molecule has 2 N–H and O–H groups in total. The molecule has 0 saturated carbocycles. The average Bonchev–Trinajstić information content (AvgIpc) is 3.23. The first-order valence-corrected chi connectivity index (χ1v) is 9.79. The highest BCUT2D eigenvalue weighted by atomic mass is 16.5. The van der Waals surface area contributed by atoms with Gasteiger partial charge in [-0.3, -0.25) is 9.59 Å². The van der Waals surface area contributed by atoms with Gasteiger partial charge in [-0.25, -0.2) is 0 Å². The van der Waals surface area contributed by atoms with E-state index >= 15 is 0 Å². The number of ether oxygens (including phenoxy) is 1. The Morgan fingerprint density at radius 1 is 0.933 bits per heavy atom. The van der Waals surface area contributed by atoms with Crippen molar-refractivity contribution in [1.82, 2.24) is 0 Å². The van der Waals surface area contributed by atoms with Crippen molar-refractivity contribution in [2.24, 2.45) is 0 Å². The third-order valence-electron chi connectivity index (χ3n) is 4.47. The van der Waals surface area contributed by atoms with Crippen LogP contribution in [0.4, 0.5) is 11.4 Å². The van der Waals surface area contributed by atoms with Gasteiger partial charge in [0.15, 0.2) is 5.76 Å². The molecule has 30 heavy (non-hydrogen) atoms. The van der Waals surface area contributed by atoms with Crippen LogP contribution in [-0.2, 0) is 10.2 Å². The highest BCUT2D eigenvalue weighted by Crippen LogP contribution is 2.24. The fraction of sp³-hybridized carbons (Fsp3) is 0.250.